The third-order valence-corrected chi connectivity index (χ3v) is 3.21. The molecule has 0 spiro atoms. The molecule has 1 aromatic heterocycles. The Kier molecular flexibility index (Phi) is 4.87. The number of carbonyl (C=O) groups excluding carboxylic acids is 1. The van der Waals surface area contributed by atoms with Gasteiger partial charge in [-0.1, -0.05) is 13.0 Å². The van der Waals surface area contributed by atoms with Gasteiger partial charge in [-0.3, -0.25) is 4.79 Å². The fourth-order valence-electron chi connectivity index (χ4n) is 1.85. The van der Waals surface area contributed by atoms with Gasteiger partial charge in [-0.25, -0.2) is 9.97 Å². The van der Waals surface area contributed by atoms with Crippen molar-refractivity contribution in [3.05, 3.63) is 47.4 Å². The van der Waals surface area contributed by atoms with Crippen molar-refractivity contribution in [2.24, 2.45) is 0 Å². The lowest BCUT2D eigenvalue weighted by molar-refractivity contribution is 0.0948. The summed E-state index contributed by atoms with van der Waals surface area (Å²) in [5, 5.41) is 5.99. The van der Waals surface area contributed by atoms with Gasteiger partial charge in [0.05, 0.1) is 0 Å². The van der Waals surface area contributed by atoms with Crippen LogP contribution in [0.25, 0.3) is 0 Å². The first kappa shape index (κ1) is 15.0. The molecule has 0 radical (unpaired) electrons. The molecule has 0 atom stereocenters. The van der Waals surface area contributed by atoms with Crippen molar-refractivity contribution < 1.29 is 4.79 Å². The van der Waals surface area contributed by atoms with Crippen LogP contribution in [0, 0.1) is 13.8 Å². The standard InChI is InChI=1S/C16H20N4O/c1-4-7-17-16(21)14-9-15(19-10-18-14)20-13-6-5-11(2)12(3)8-13/h5-6,8-10H,4,7H2,1-3H3,(H,17,21)(H,18,19,20). The number of anilines is 2. The fraction of sp³-hybridized carbons (Fsp3) is 0.312. The number of rotatable bonds is 5. The lowest BCUT2D eigenvalue weighted by Crippen LogP contribution is -2.25. The molecule has 21 heavy (non-hydrogen) atoms. The Bertz CT molecular complexity index is 640. The SMILES string of the molecule is CCCNC(=O)c1cc(Nc2ccc(C)c(C)c2)ncn1. The van der Waals surface area contributed by atoms with Crippen molar-refractivity contribution >= 4 is 17.4 Å². The van der Waals surface area contributed by atoms with Crippen LogP contribution in [0.1, 0.15) is 35.0 Å². The highest BCUT2D eigenvalue weighted by Gasteiger charge is 2.08. The number of hydrogen-bond donors (Lipinski definition) is 2. The van der Waals surface area contributed by atoms with Crippen molar-refractivity contribution in [2.45, 2.75) is 27.2 Å². The summed E-state index contributed by atoms with van der Waals surface area (Å²) in [4.78, 5) is 20.0. The van der Waals surface area contributed by atoms with Gasteiger partial charge in [0.2, 0.25) is 0 Å². The predicted octanol–water partition coefficient (Wildman–Crippen LogP) is 2.98. The molecule has 1 heterocycles. The predicted molar refractivity (Wildman–Crippen MR) is 83.9 cm³/mol. The quantitative estimate of drug-likeness (QED) is 0.885. The number of aromatic nitrogens is 2. The number of amides is 1. The van der Waals surface area contributed by atoms with Crippen molar-refractivity contribution in [3.63, 3.8) is 0 Å². The first-order valence-electron chi connectivity index (χ1n) is 7.04. The van der Waals surface area contributed by atoms with Gasteiger partial charge in [-0.2, -0.15) is 0 Å². The van der Waals surface area contributed by atoms with E-state index in [2.05, 4.69) is 34.4 Å². The summed E-state index contributed by atoms with van der Waals surface area (Å²) < 4.78 is 0. The van der Waals surface area contributed by atoms with Crippen LogP contribution in [0.3, 0.4) is 0 Å². The molecule has 2 N–H and O–H groups in total. The number of carbonyl (C=O) groups is 1. The Morgan fingerprint density at radius 3 is 2.67 bits per heavy atom. The fourth-order valence-corrected chi connectivity index (χ4v) is 1.85. The highest BCUT2D eigenvalue weighted by atomic mass is 16.1. The molecule has 1 amide bonds. The van der Waals surface area contributed by atoms with Crippen LogP contribution in [-0.4, -0.2) is 22.4 Å². The van der Waals surface area contributed by atoms with Crippen molar-refractivity contribution in [2.75, 3.05) is 11.9 Å². The van der Waals surface area contributed by atoms with Gasteiger partial charge in [0.25, 0.3) is 5.91 Å². The maximum atomic E-state index is 11.9. The zero-order valence-corrected chi connectivity index (χ0v) is 12.6. The van der Waals surface area contributed by atoms with Gasteiger partial charge in [-0.05, 0) is 43.5 Å². The molecular formula is C16H20N4O. The second-order valence-corrected chi connectivity index (χ2v) is 4.97. The molecule has 0 aliphatic carbocycles. The molecule has 5 heteroatoms. The van der Waals surface area contributed by atoms with E-state index in [4.69, 9.17) is 0 Å². The van der Waals surface area contributed by atoms with Gasteiger partial charge < -0.3 is 10.6 Å². The molecule has 2 aromatic rings. The second-order valence-electron chi connectivity index (χ2n) is 4.97. The minimum Gasteiger partial charge on any atom is -0.351 e. The Labute approximate surface area is 124 Å². The molecule has 0 saturated carbocycles. The van der Waals surface area contributed by atoms with E-state index in [1.54, 1.807) is 6.07 Å². The number of nitrogens with zero attached hydrogens (tertiary/aromatic N) is 2. The maximum absolute atomic E-state index is 11.9. The second kappa shape index (κ2) is 6.83. The van der Waals surface area contributed by atoms with E-state index in [1.165, 1.54) is 17.5 Å². The maximum Gasteiger partial charge on any atom is 0.270 e. The lowest BCUT2D eigenvalue weighted by Gasteiger charge is -2.09. The lowest BCUT2D eigenvalue weighted by atomic mass is 10.1. The highest BCUT2D eigenvalue weighted by Crippen LogP contribution is 2.18. The molecule has 110 valence electrons. The zero-order chi connectivity index (χ0) is 15.2. The molecule has 0 unspecified atom stereocenters. The van der Waals surface area contributed by atoms with E-state index in [1.807, 2.05) is 25.1 Å². The van der Waals surface area contributed by atoms with Crippen LogP contribution in [0.2, 0.25) is 0 Å². The largest absolute Gasteiger partial charge is 0.351 e. The van der Waals surface area contributed by atoms with E-state index < -0.39 is 0 Å². The third kappa shape index (κ3) is 4.02. The van der Waals surface area contributed by atoms with E-state index in [9.17, 15) is 4.79 Å². The van der Waals surface area contributed by atoms with Crippen LogP contribution in [0.5, 0.6) is 0 Å². The van der Waals surface area contributed by atoms with Crippen LogP contribution >= 0.6 is 0 Å². The average Bonchev–Trinajstić information content (AvgIpc) is 2.49. The summed E-state index contributed by atoms with van der Waals surface area (Å²) in [5.41, 5.74) is 3.75. The molecule has 0 bridgehead atoms. The van der Waals surface area contributed by atoms with Gasteiger partial charge in [0.15, 0.2) is 0 Å². The molecule has 0 aliphatic rings. The van der Waals surface area contributed by atoms with Crippen LogP contribution in [-0.2, 0) is 0 Å². The van der Waals surface area contributed by atoms with Gasteiger partial charge in [0, 0.05) is 18.3 Å². The van der Waals surface area contributed by atoms with Crippen LogP contribution < -0.4 is 10.6 Å². The molecule has 1 aromatic carbocycles. The molecule has 0 aliphatic heterocycles. The van der Waals surface area contributed by atoms with Crippen LogP contribution in [0.4, 0.5) is 11.5 Å². The first-order chi connectivity index (χ1) is 10.1. The summed E-state index contributed by atoms with van der Waals surface area (Å²) in [6.07, 6.45) is 2.29. The van der Waals surface area contributed by atoms with E-state index in [0.717, 1.165) is 12.1 Å². The minimum atomic E-state index is -0.178. The number of aryl methyl sites for hydroxylation is 2. The number of benzene rings is 1. The van der Waals surface area contributed by atoms with E-state index in [0.29, 0.717) is 18.1 Å². The first-order valence-corrected chi connectivity index (χ1v) is 7.04. The average molecular weight is 284 g/mol. The Hall–Kier alpha value is -2.43. The summed E-state index contributed by atoms with van der Waals surface area (Å²) >= 11 is 0. The normalized spacial score (nSPS) is 10.2. The topological polar surface area (TPSA) is 66.9 Å². The smallest absolute Gasteiger partial charge is 0.270 e. The van der Waals surface area contributed by atoms with Gasteiger partial charge in [-0.15, -0.1) is 0 Å². The van der Waals surface area contributed by atoms with Crippen molar-refractivity contribution in [3.8, 4) is 0 Å². The number of hydrogen-bond acceptors (Lipinski definition) is 4. The Morgan fingerprint density at radius 2 is 1.95 bits per heavy atom. The summed E-state index contributed by atoms with van der Waals surface area (Å²) in [6, 6.07) is 7.74. The Morgan fingerprint density at radius 1 is 1.14 bits per heavy atom. The number of nitrogens with one attached hydrogen (secondary N) is 2. The van der Waals surface area contributed by atoms with Gasteiger partial charge >= 0.3 is 0 Å². The van der Waals surface area contributed by atoms with Crippen LogP contribution in [0.15, 0.2) is 30.6 Å². The molecule has 0 saturated heterocycles. The molecule has 0 fully saturated rings. The molecule has 5 nitrogen and oxygen atoms in total. The highest BCUT2D eigenvalue weighted by molar-refractivity contribution is 5.92. The van der Waals surface area contributed by atoms with Crippen molar-refractivity contribution in [1.82, 2.24) is 15.3 Å². The molecule has 2 rings (SSSR count). The molecular weight excluding hydrogens is 264 g/mol. The van der Waals surface area contributed by atoms with Gasteiger partial charge in [0.1, 0.15) is 17.8 Å². The minimum absolute atomic E-state index is 0.178. The monoisotopic (exact) mass is 284 g/mol. The van der Waals surface area contributed by atoms with Crippen molar-refractivity contribution in [1.29, 1.82) is 0 Å². The summed E-state index contributed by atoms with van der Waals surface area (Å²) in [7, 11) is 0. The summed E-state index contributed by atoms with van der Waals surface area (Å²) in [5.74, 6) is 0.428. The third-order valence-electron chi connectivity index (χ3n) is 3.21. The summed E-state index contributed by atoms with van der Waals surface area (Å²) in [6.45, 7) is 6.78. The zero-order valence-electron chi connectivity index (χ0n) is 12.6. The Balaban J connectivity index is 2.13. The van der Waals surface area contributed by atoms with E-state index >= 15 is 0 Å². The van der Waals surface area contributed by atoms with E-state index in [-0.39, 0.29) is 5.91 Å².